The fourth-order valence-corrected chi connectivity index (χ4v) is 4.66. The molecule has 9 heteroatoms. The van der Waals surface area contributed by atoms with E-state index in [0.717, 1.165) is 17.3 Å². The van der Waals surface area contributed by atoms with Gasteiger partial charge in [-0.3, -0.25) is 4.79 Å². The summed E-state index contributed by atoms with van der Waals surface area (Å²) >= 11 is 0. The number of nitrogens with zero attached hydrogens (tertiary/aromatic N) is 3. The Hall–Kier alpha value is -3.72. The van der Waals surface area contributed by atoms with Gasteiger partial charge in [0.25, 0.3) is 15.6 Å². The van der Waals surface area contributed by atoms with Crippen LogP contribution in [-0.4, -0.2) is 23.0 Å². The van der Waals surface area contributed by atoms with Crippen LogP contribution >= 0.6 is 0 Å². The Morgan fingerprint density at radius 1 is 0.939 bits per heavy atom. The topological polar surface area (TPSA) is 106 Å². The molecule has 0 aliphatic carbocycles. The van der Waals surface area contributed by atoms with Gasteiger partial charge in [-0.2, -0.15) is 0 Å². The van der Waals surface area contributed by atoms with Crippen LogP contribution in [0.2, 0.25) is 0 Å². The first kappa shape index (κ1) is 22.5. The number of hydrogen-bond acceptors (Lipinski definition) is 6. The van der Waals surface area contributed by atoms with Gasteiger partial charge in [0.05, 0.1) is 16.1 Å². The second-order valence-corrected chi connectivity index (χ2v) is 9.48. The van der Waals surface area contributed by atoms with Gasteiger partial charge in [0.2, 0.25) is 5.95 Å². The molecule has 33 heavy (non-hydrogen) atoms. The lowest BCUT2D eigenvalue weighted by atomic mass is 10.1. The van der Waals surface area contributed by atoms with E-state index in [1.54, 1.807) is 42.7 Å². The van der Waals surface area contributed by atoms with E-state index in [-0.39, 0.29) is 16.4 Å². The van der Waals surface area contributed by atoms with Gasteiger partial charge >= 0.3 is 0 Å². The zero-order chi connectivity index (χ0) is 23.6. The molecule has 0 aliphatic heterocycles. The van der Waals surface area contributed by atoms with E-state index in [4.69, 9.17) is 0 Å². The normalized spacial score (nSPS) is 11.5. The van der Waals surface area contributed by atoms with Crippen molar-refractivity contribution in [1.29, 1.82) is 0 Å². The predicted octanol–water partition coefficient (Wildman–Crippen LogP) is 4.36. The molecule has 0 amide bonds. The highest BCUT2D eigenvalue weighted by molar-refractivity contribution is 7.92. The third-order valence-corrected chi connectivity index (χ3v) is 6.46. The molecule has 0 aliphatic rings. The molecule has 0 bridgehead atoms. The smallest absolute Gasteiger partial charge is 0.264 e. The number of anilines is 3. The van der Waals surface area contributed by atoms with Crippen LogP contribution in [0, 0.1) is 13.8 Å². The number of hydrogen-bond donors (Lipinski definition) is 2. The van der Waals surface area contributed by atoms with Crippen molar-refractivity contribution in [3.05, 3.63) is 82.4 Å². The first-order chi connectivity index (χ1) is 15.8. The number of aryl methyl sites for hydroxylation is 3. The van der Waals surface area contributed by atoms with Crippen LogP contribution in [0.3, 0.4) is 0 Å². The van der Waals surface area contributed by atoms with Crippen molar-refractivity contribution in [2.75, 3.05) is 10.0 Å². The first-order valence-electron chi connectivity index (χ1n) is 10.6. The highest BCUT2D eigenvalue weighted by Gasteiger charge is 2.16. The van der Waals surface area contributed by atoms with Crippen LogP contribution in [0.15, 0.2) is 70.4 Å². The number of para-hydroxylation sites is 1. The predicted molar refractivity (Wildman–Crippen MR) is 131 cm³/mol. The van der Waals surface area contributed by atoms with Gasteiger partial charge in [-0.25, -0.2) is 23.1 Å². The number of rotatable bonds is 7. The van der Waals surface area contributed by atoms with Crippen LogP contribution < -0.4 is 15.6 Å². The molecule has 0 saturated carbocycles. The van der Waals surface area contributed by atoms with Crippen molar-refractivity contribution in [1.82, 2.24) is 14.5 Å². The molecule has 0 radical (unpaired) electrons. The Morgan fingerprint density at radius 2 is 1.61 bits per heavy atom. The number of aromatic nitrogens is 3. The molecule has 2 aromatic heterocycles. The van der Waals surface area contributed by atoms with Crippen molar-refractivity contribution in [3.8, 4) is 0 Å². The average molecular weight is 464 g/mol. The van der Waals surface area contributed by atoms with E-state index < -0.39 is 10.0 Å². The zero-order valence-electron chi connectivity index (χ0n) is 18.7. The fourth-order valence-electron chi connectivity index (χ4n) is 3.72. The van der Waals surface area contributed by atoms with Gasteiger partial charge in [-0.15, -0.1) is 0 Å². The molecule has 0 spiro atoms. The summed E-state index contributed by atoms with van der Waals surface area (Å²) in [6.45, 7) is 6.22. The summed E-state index contributed by atoms with van der Waals surface area (Å²) in [5, 5.41) is 4.16. The Balaban J connectivity index is 1.61. The van der Waals surface area contributed by atoms with E-state index >= 15 is 0 Å². The standard InChI is InChI=1S/C24H25N5O3S/c1-4-13-29-22-8-6-5-7-20(22)21(15-23(29)30)27-18-9-11-19(12-10-18)33(31,32)28-24-25-16(2)14-17(3)26-24/h5-12,14-15,27H,4,13H2,1-3H3,(H,25,26,28). The van der Waals surface area contributed by atoms with Crippen LogP contribution in [0.1, 0.15) is 24.7 Å². The van der Waals surface area contributed by atoms with Gasteiger partial charge in [0.15, 0.2) is 0 Å². The monoisotopic (exact) mass is 463 g/mol. The second kappa shape index (κ2) is 9.03. The molecule has 0 unspecified atom stereocenters. The molecule has 4 rings (SSSR count). The Labute approximate surface area is 192 Å². The molecule has 170 valence electrons. The highest BCUT2D eigenvalue weighted by atomic mass is 32.2. The number of sulfonamides is 1. The minimum absolute atomic E-state index is 0.0359. The number of pyridine rings is 1. The highest BCUT2D eigenvalue weighted by Crippen LogP contribution is 2.26. The van der Waals surface area contributed by atoms with Crippen molar-refractivity contribution in [2.45, 2.75) is 38.6 Å². The van der Waals surface area contributed by atoms with Crippen molar-refractivity contribution >= 4 is 38.2 Å². The molecular formula is C24H25N5O3S. The van der Waals surface area contributed by atoms with E-state index in [0.29, 0.717) is 29.3 Å². The maximum Gasteiger partial charge on any atom is 0.264 e. The summed E-state index contributed by atoms with van der Waals surface area (Å²) in [4.78, 5) is 21.0. The van der Waals surface area contributed by atoms with Crippen molar-refractivity contribution in [3.63, 3.8) is 0 Å². The van der Waals surface area contributed by atoms with E-state index in [1.165, 1.54) is 12.1 Å². The second-order valence-electron chi connectivity index (χ2n) is 7.79. The molecule has 4 aromatic rings. The molecule has 8 nitrogen and oxygen atoms in total. The van der Waals surface area contributed by atoms with E-state index in [1.807, 2.05) is 31.2 Å². The van der Waals surface area contributed by atoms with Gasteiger partial charge < -0.3 is 9.88 Å². The summed E-state index contributed by atoms with van der Waals surface area (Å²) in [5.41, 5.74) is 3.44. The third kappa shape index (κ3) is 4.88. The van der Waals surface area contributed by atoms with Crippen molar-refractivity contribution in [2.24, 2.45) is 0 Å². The largest absolute Gasteiger partial charge is 0.355 e. The molecule has 2 aromatic carbocycles. The van der Waals surface area contributed by atoms with Gasteiger partial charge in [0, 0.05) is 35.1 Å². The summed E-state index contributed by atoms with van der Waals surface area (Å²) in [5.74, 6) is 0.0359. The Morgan fingerprint density at radius 3 is 2.27 bits per heavy atom. The SMILES string of the molecule is CCCn1c(=O)cc(Nc2ccc(S(=O)(=O)Nc3nc(C)cc(C)n3)cc2)c2ccccc21. The third-order valence-electron chi connectivity index (χ3n) is 5.12. The molecule has 0 saturated heterocycles. The maximum absolute atomic E-state index is 12.8. The maximum atomic E-state index is 12.8. The van der Waals surface area contributed by atoms with Crippen LogP contribution in [0.25, 0.3) is 10.9 Å². The fraction of sp³-hybridized carbons (Fsp3) is 0.208. The lowest BCUT2D eigenvalue weighted by Gasteiger charge is -2.14. The molecule has 0 fully saturated rings. The van der Waals surface area contributed by atoms with Crippen LogP contribution in [0.4, 0.5) is 17.3 Å². The summed E-state index contributed by atoms with van der Waals surface area (Å²) < 4.78 is 29.7. The summed E-state index contributed by atoms with van der Waals surface area (Å²) in [7, 11) is -3.85. The van der Waals surface area contributed by atoms with Gasteiger partial charge in [0.1, 0.15) is 0 Å². The average Bonchev–Trinajstić information content (AvgIpc) is 2.76. The Kier molecular flexibility index (Phi) is 6.15. The molecule has 2 N–H and O–H groups in total. The summed E-state index contributed by atoms with van der Waals surface area (Å²) in [6, 6.07) is 17.3. The quantitative estimate of drug-likeness (QED) is 0.422. The lowest BCUT2D eigenvalue weighted by molar-refractivity contribution is 0.601. The first-order valence-corrected chi connectivity index (χ1v) is 12.1. The van der Waals surface area contributed by atoms with E-state index in [9.17, 15) is 13.2 Å². The number of nitrogens with one attached hydrogen (secondary N) is 2. The van der Waals surface area contributed by atoms with Gasteiger partial charge in [-0.1, -0.05) is 25.1 Å². The zero-order valence-corrected chi connectivity index (χ0v) is 19.5. The Bertz CT molecular complexity index is 1460. The van der Waals surface area contributed by atoms with Crippen LogP contribution in [-0.2, 0) is 16.6 Å². The summed E-state index contributed by atoms with van der Waals surface area (Å²) in [6.07, 6.45) is 0.855. The molecule has 2 heterocycles. The van der Waals surface area contributed by atoms with Crippen molar-refractivity contribution < 1.29 is 8.42 Å². The van der Waals surface area contributed by atoms with E-state index in [2.05, 4.69) is 20.0 Å². The van der Waals surface area contributed by atoms with Gasteiger partial charge in [-0.05, 0) is 56.7 Å². The lowest BCUT2D eigenvalue weighted by Crippen LogP contribution is -2.20. The molecular weight excluding hydrogens is 438 g/mol. The number of benzene rings is 2. The minimum Gasteiger partial charge on any atom is -0.355 e. The number of fused-ring (bicyclic) bond motifs is 1. The van der Waals surface area contributed by atoms with Crippen LogP contribution in [0.5, 0.6) is 0 Å². The molecule has 0 atom stereocenters. The minimum atomic E-state index is -3.85.